The van der Waals surface area contributed by atoms with Gasteiger partial charge in [-0.15, -0.1) is 11.3 Å². The van der Waals surface area contributed by atoms with Gasteiger partial charge in [0.15, 0.2) is 11.5 Å². The first-order valence-electron chi connectivity index (χ1n) is 6.18. The Balaban J connectivity index is 1.81. The van der Waals surface area contributed by atoms with Crippen LogP contribution in [0.25, 0.3) is 0 Å². The Morgan fingerprint density at radius 2 is 2.21 bits per heavy atom. The van der Waals surface area contributed by atoms with Gasteiger partial charge in [0, 0.05) is 18.5 Å². The third-order valence-corrected chi connectivity index (χ3v) is 3.96. The summed E-state index contributed by atoms with van der Waals surface area (Å²) in [6.07, 6.45) is -0.639. The van der Waals surface area contributed by atoms with E-state index >= 15 is 0 Å². The molecule has 0 aliphatic carbocycles. The van der Waals surface area contributed by atoms with Gasteiger partial charge in [0.1, 0.15) is 18.1 Å². The second-order valence-corrected chi connectivity index (χ2v) is 5.31. The number of carbonyl (C=O) groups excluding carboxylic acids is 1. The number of hydrogen-bond acceptors (Lipinski definition) is 6. The van der Waals surface area contributed by atoms with Crippen LogP contribution in [0.2, 0.25) is 0 Å². The highest BCUT2D eigenvalue weighted by molar-refractivity contribution is 7.12. The number of thiophene rings is 1. The summed E-state index contributed by atoms with van der Waals surface area (Å²) in [5.41, 5.74) is 0. The minimum absolute atomic E-state index is 0.138. The molecule has 1 aromatic heterocycles. The van der Waals surface area contributed by atoms with E-state index in [1.807, 2.05) is 0 Å². The first-order valence-corrected chi connectivity index (χ1v) is 7.06. The summed E-state index contributed by atoms with van der Waals surface area (Å²) in [6.45, 7) is 2.43. The first-order chi connectivity index (χ1) is 9.25. The van der Waals surface area contributed by atoms with E-state index in [9.17, 15) is 9.90 Å². The Morgan fingerprint density at radius 1 is 1.37 bits per heavy atom. The maximum absolute atomic E-state index is 12.5. The largest absolute Gasteiger partial charge is 0.485 e. The molecular weight excluding hydrogens is 270 g/mol. The van der Waals surface area contributed by atoms with Crippen molar-refractivity contribution in [3.05, 3.63) is 10.3 Å². The zero-order chi connectivity index (χ0) is 13.2. The Morgan fingerprint density at radius 3 is 3.11 bits per heavy atom. The molecule has 0 aromatic carbocycles. The summed E-state index contributed by atoms with van der Waals surface area (Å²) in [5, 5.41) is 11.5. The topological polar surface area (TPSA) is 68.2 Å². The Hall–Kier alpha value is -1.31. The standard InChI is InChI=1S/C12H15NO5S/c14-8-5-13(1-2-16-6-8)12(15)11-10-9(7-19-11)17-3-4-18-10/h7-8,14H,1-6H2/t8-/m0/s1. The third kappa shape index (κ3) is 2.54. The van der Waals surface area contributed by atoms with Crippen molar-refractivity contribution >= 4 is 17.2 Å². The van der Waals surface area contributed by atoms with Crippen LogP contribution < -0.4 is 9.47 Å². The van der Waals surface area contributed by atoms with E-state index in [0.717, 1.165) is 0 Å². The van der Waals surface area contributed by atoms with Gasteiger partial charge < -0.3 is 24.2 Å². The fourth-order valence-corrected chi connectivity index (χ4v) is 3.03. The van der Waals surface area contributed by atoms with Crippen molar-refractivity contribution in [2.75, 3.05) is 39.5 Å². The molecule has 0 saturated carbocycles. The average molecular weight is 285 g/mol. The number of fused-ring (bicyclic) bond motifs is 1. The van der Waals surface area contributed by atoms with Gasteiger partial charge in [-0.05, 0) is 0 Å². The van der Waals surface area contributed by atoms with Crippen LogP contribution in [-0.2, 0) is 4.74 Å². The fourth-order valence-electron chi connectivity index (χ4n) is 2.13. The molecule has 0 bridgehead atoms. The monoisotopic (exact) mass is 285 g/mol. The average Bonchev–Trinajstić information content (AvgIpc) is 2.73. The van der Waals surface area contributed by atoms with Crippen molar-refractivity contribution in [3.8, 4) is 11.5 Å². The fraction of sp³-hybridized carbons (Fsp3) is 0.583. The van der Waals surface area contributed by atoms with E-state index in [1.54, 1.807) is 10.3 Å². The van der Waals surface area contributed by atoms with Crippen LogP contribution in [0.3, 0.4) is 0 Å². The normalized spacial score (nSPS) is 23.0. The zero-order valence-electron chi connectivity index (χ0n) is 10.3. The van der Waals surface area contributed by atoms with Gasteiger partial charge in [0.2, 0.25) is 0 Å². The number of hydrogen-bond donors (Lipinski definition) is 1. The van der Waals surface area contributed by atoms with Crippen molar-refractivity contribution in [3.63, 3.8) is 0 Å². The maximum Gasteiger partial charge on any atom is 0.268 e. The highest BCUT2D eigenvalue weighted by Gasteiger charge is 2.29. The minimum Gasteiger partial charge on any atom is -0.485 e. The highest BCUT2D eigenvalue weighted by Crippen LogP contribution is 2.39. The van der Waals surface area contributed by atoms with Gasteiger partial charge in [-0.3, -0.25) is 4.79 Å². The number of aliphatic hydroxyl groups excluding tert-OH is 1. The van der Waals surface area contributed by atoms with Gasteiger partial charge in [0.05, 0.1) is 19.3 Å². The molecule has 1 saturated heterocycles. The van der Waals surface area contributed by atoms with E-state index in [1.165, 1.54) is 11.3 Å². The van der Waals surface area contributed by atoms with Crippen molar-refractivity contribution in [1.82, 2.24) is 4.90 Å². The predicted molar refractivity (Wildman–Crippen MR) is 68.0 cm³/mol. The van der Waals surface area contributed by atoms with Crippen LogP contribution in [0, 0.1) is 0 Å². The van der Waals surface area contributed by atoms with Gasteiger partial charge in [-0.2, -0.15) is 0 Å². The lowest BCUT2D eigenvalue weighted by molar-refractivity contribution is 0.0533. The quantitative estimate of drug-likeness (QED) is 0.806. The molecule has 3 rings (SSSR count). The van der Waals surface area contributed by atoms with E-state index < -0.39 is 6.10 Å². The minimum atomic E-state index is -0.639. The summed E-state index contributed by atoms with van der Waals surface area (Å²) in [5.74, 6) is 1.02. The summed E-state index contributed by atoms with van der Waals surface area (Å²) < 4.78 is 16.2. The third-order valence-electron chi connectivity index (χ3n) is 3.03. The number of aliphatic hydroxyl groups is 1. The molecule has 104 valence electrons. The number of ether oxygens (including phenoxy) is 3. The maximum atomic E-state index is 12.5. The van der Waals surface area contributed by atoms with Crippen molar-refractivity contribution in [1.29, 1.82) is 0 Å². The van der Waals surface area contributed by atoms with Crippen LogP contribution in [0.4, 0.5) is 0 Å². The van der Waals surface area contributed by atoms with Crippen molar-refractivity contribution in [2.45, 2.75) is 6.10 Å². The second-order valence-electron chi connectivity index (χ2n) is 4.44. The van der Waals surface area contributed by atoms with E-state index in [0.29, 0.717) is 42.7 Å². The Kier molecular flexibility index (Phi) is 3.58. The molecule has 0 radical (unpaired) electrons. The second kappa shape index (κ2) is 5.36. The van der Waals surface area contributed by atoms with Crippen LogP contribution >= 0.6 is 11.3 Å². The molecule has 3 heterocycles. The summed E-state index contributed by atoms with van der Waals surface area (Å²) in [7, 11) is 0. The molecule has 6 nitrogen and oxygen atoms in total. The molecule has 1 atom stereocenters. The number of β-amino-alcohol motifs (C(OH)–C–C–N with tert-alkyl or cyclic N) is 1. The lowest BCUT2D eigenvalue weighted by Crippen LogP contribution is -2.37. The molecule has 7 heteroatoms. The molecule has 2 aliphatic heterocycles. The van der Waals surface area contributed by atoms with Crippen LogP contribution in [0.5, 0.6) is 11.5 Å². The zero-order valence-corrected chi connectivity index (χ0v) is 11.1. The number of nitrogens with zero attached hydrogens (tertiary/aromatic N) is 1. The lowest BCUT2D eigenvalue weighted by atomic mass is 10.3. The van der Waals surface area contributed by atoms with E-state index in [-0.39, 0.29) is 19.1 Å². The molecule has 1 aromatic rings. The summed E-state index contributed by atoms with van der Waals surface area (Å²) in [6, 6.07) is 0. The highest BCUT2D eigenvalue weighted by atomic mass is 32.1. The van der Waals surface area contributed by atoms with Crippen molar-refractivity contribution < 1.29 is 24.1 Å². The SMILES string of the molecule is O=C(c1scc2c1OCCO2)N1CCOC[C@@H](O)C1. The number of carbonyl (C=O) groups is 1. The molecule has 1 N–H and O–H groups in total. The molecule has 19 heavy (non-hydrogen) atoms. The Labute approximate surface area is 114 Å². The van der Waals surface area contributed by atoms with Gasteiger partial charge in [0.25, 0.3) is 5.91 Å². The van der Waals surface area contributed by atoms with Crippen LogP contribution in [0.15, 0.2) is 5.38 Å². The molecular formula is C12H15NO5S. The number of rotatable bonds is 1. The van der Waals surface area contributed by atoms with Crippen LogP contribution in [-0.4, -0.2) is 61.5 Å². The van der Waals surface area contributed by atoms with Gasteiger partial charge in [-0.25, -0.2) is 0 Å². The van der Waals surface area contributed by atoms with Gasteiger partial charge >= 0.3 is 0 Å². The molecule has 0 unspecified atom stereocenters. The smallest absolute Gasteiger partial charge is 0.268 e. The first kappa shape index (κ1) is 12.7. The summed E-state index contributed by atoms with van der Waals surface area (Å²) >= 11 is 1.31. The van der Waals surface area contributed by atoms with Crippen molar-refractivity contribution in [2.24, 2.45) is 0 Å². The molecule has 2 aliphatic rings. The Bertz CT molecular complexity index is 475. The van der Waals surface area contributed by atoms with Gasteiger partial charge in [-0.1, -0.05) is 0 Å². The predicted octanol–water partition coefficient (Wildman–Crippen LogP) is 0.353. The van der Waals surface area contributed by atoms with Crippen LogP contribution in [0.1, 0.15) is 9.67 Å². The lowest BCUT2D eigenvalue weighted by Gasteiger charge is -2.22. The molecule has 0 spiro atoms. The summed E-state index contributed by atoms with van der Waals surface area (Å²) in [4.78, 5) is 14.6. The molecule has 1 fully saturated rings. The number of amides is 1. The molecule has 1 amide bonds. The van der Waals surface area contributed by atoms with E-state index in [2.05, 4.69) is 0 Å². The van der Waals surface area contributed by atoms with E-state index in [4.69, 9.17) is 14.2 Å².